The summed E-state index contributed by atoms with van der Waals surface area (Å²) in [6.45, 7) is 5.77. The summed E-state index contributed by atoms with van der Waals surface area (Å²) in [5.41, 5.74) is 1.08. The molecule has 0 aliphatic carbocycles. The Morgan fingerprint density at radius 3 is 2.58 bits per heavy atom. The maximum Gasteiger partial charge on any atom is 0.0553 e. The number of hydrogen-bond donors (Lipinski definition) is 1. The lowest BCUT2D eigenvalue weighted by Gasteiger charge is -2.01. The Morgan fingerprint density at radius 2 is 2.17 bits per heavy atom. The fraction of sp³-hybridized carbons (Fsp3) is 0.500. The maximum absolute atomic E-state index is 8.98. The maximum atomic E-state index is 8.98. The normalized spacial score (nSPS) is 11.3. The van der Waals surface area contributed by atoms with Crippen molar-refractivity contribution < 1.29 is 5.11 Å². The van der Waals surface area contributed by atoms with E-state index in [9.17, 15) is 0 Å². The molecule has 0 radical (unpaired) electrons. The third-order valence-corrected chi connectivity index (χ3v) is 1.25. The van der Waals surface area contributed by atoms with Crippen LogP contribution in [0.5, 0.6) is 0 Å². The minimum absolute atomic E-state index is 0.274. The molecule has 68 valence electrons. The zero-order valence-corrected chi connectivity index (χ0v) is 7.99. The molecule has 0 bridgehead atoms. The van der Waals surface area contributed by atoms with Crippen molar-refractivity contribution in [2.75, 3.05) is 0 Å². The number of rotatable bonds is 2. The van der Waals surface area contributed by atoms with Crippen LogP contribution in [0.1, 0.15) is 26.3 Å². The zero-order valence-electron chi connectivity index (χ0n) is 7.99. The molecule has 0 aliphatic heterocycles. The molecule has 0 aliphatic rings. The molecule has 2 nitrogen and oxygen atoms in total. The van der Waals surface area contributed by atoms with E-state index in [-0.39, 0.29) is 6.10 Å². The number of aliphatic hydroxyl groups is 1. The van der Waals surface area contributed by atoms with Crippen LogP contribution in [0.25, 0.3) is 0 Å². The Morgan fingerprint density at radius 1 is 1.50 bits per heavy atom. The molecule has 1 N–H and O–H groups in total. The van der Waals surface area contributed by atoms with Crippen LogP contribution in [0.4, 0.5) is 0 Å². The predicted octanol–water partition coefficient (Wildman–Crippen LogP) is 2.03. The molecule has 0 amide bonds. The highest BCUT2D eigenvalue weighted by molar-refractivity contribution is 5.08. The van der Waals surface area contributed by atoms with Gasteiger partial charge in [-0.25, -0.2) is 0 Å². The minimum atomic E-state index is -0.274. The molecule has 12 heavy (non-hydrogen) atoms. The van der Waals surface area contributed by atoms with E-state index in [0.29, 0.717) is 6.42 Å². The van der Waals surface area contributed by atoms with Crippen LogP contribution in [0.3, 0.4) is 0 Å². The minimum Gasteiger partial charge on any atom is -0.393 e. The molecule has 0 fully saturated rings. The summed E-state index contributed by atoms with van der Waals surface area (Å²) in [6.07, 6.45) is 3.91. The molecule has 1 rings (SSSR count). The second-order valence-corrected chi connectivity index (χ2v) is 2.41. The fourth-order valence-electron chi connectivity index (χ4n) is 0.860. The van der Waals surface area contributed by atoms with E-state index in [1.165, 1.54) is 0 Å². The van der Waals surface area contributed by atoms with Gasteiger partial charge in [-0.3, -0.25) is 4.98 Å². The van der Waals surface area contributed by atoms with Gasteiger partial charge in [0.05, 0.1) is 6.10 Å². The lowest BCUT2D eigenvalue weighted by molar-refractivity contribution is 0.195. The van der Waals surface area contributed by atoms with Gasteiger partial charge in [0.2, 0.25) is 0 Å². The Balaban J connectivity index is 0.000000561. The first-order valence-corrected chi connectivity index (χ1v) is 4.36. The van der Waals surface area contributed by atoms with Gasteiger partial charge in [0.25, 0.3) is 0 Å². The summed E-state index contributed by atoms with van der Waals surface area (Å²) in [7, 11) is 0. The molecule has 1 aromatic rings. The van der Waals surface area contributed by atoms with Crippen molar-refractivity contribution >= 4 is 0 Å². The van der Waals surface area contributed by atoms with Gasteiger partial charge in [0, 0.05) is 12.4 Å². The summed E-state index contributed by atoms with van der Waals surface area (Å²) in [5, 5.41) is 8.98. The third-order valence-electron chi connectivity index (χ3n) is 1.25. The van der Waals surface area contributed by atoms with Gasteiger partial charge in [-0.1, -0.05) is 19.9 Å². The Kier molecular flexibility index (Phi) is 6.29. The summed E-state index contributed by atoms with van der Waals surface area (Å²) in [4.78, 5) is 3.93. The number of nitrogens with zero attached hydrogens (tertiary/aromatic N) is 1. The molecule has 0 spiro atoms. The molecule has 0 saturated heterocycles. The van der Waals surface area contributed by atoms with Gasteiger partial charge < -0.3 is 5.11 Å². The highest BCUT2D eigenvalue weighted by atomic mass is 16.3. The van der Waals surface area contributed by atoms with E-state index < -0.39 is 0 Å². The Bertz CT molecular complexity index is 184. The van der Waals surface area contributed by atoms with Gasteiger partial charge in [-0.15, -0.1) is 0 Å². The van der Waals surface area contributed by atoms with Gasteiger partial charge >= 0.3 is 0 Å². The standard InChI is InChI=1S/C8H11NO.C2H6/c1-7(10)5-8-3-2-4-9-6-8;1-2/h2-4,6-7,10H,5H2,1H3;1-2H3. The summed E-state index contributed by atoms with van der Waals surface area (Å²) in [5.74, 6) is 0. The van der Waals surface area contributed by atoms with Crippen LogP contribution in [0.2, 0.25) is 0 Å². The largest absolute Gasteiger partial charge is 0.393 e. The van der Waals surface area contributed by atoms with Gasteiger partial charge in [-0.05, 0) is 25.0 Å². The van der Waals surface area contributed by atoms with Crippen LogP contribution >= 0.6 is 0 Å². The van der Waals surface area contributed by atoms with Crippen LogP contribution < -0.4 is 0 Å². The Hall–Kier alpha value is -0.890. The van der Waals surface area contributed by atoms with Crippen LogP contribution in [-0.4, -0.2) is 16.2 Å². The van der Waals surface area contributed by atoms with Crippen molar-refractivity contribution in [2.24, 2.45) is 0 Å². The van der Waals surface area contributed by atoms with Crippen molar-refractivity contribution in [1.29, 1.82) is 0 Å². The van der Waals surface area contributed by atoms with Crippen molar-refractivity contribution in [1.82, 2.24) is 4.98 Å². The van der Waals surface area contributed by atoms with Gasteiger partial charge in [-0.2, -0.15) is 0 Å². The molecule has 1 atom stereocenters. The molecule has 1 heterocycles. The number of pyridine rings is 1. The highest BCUT2D eigenvalue weighted by Crippen LogP contribution is 1.99. The highest BCUT2D eigenvalue weighted by Gasteiger charge is 1.96. The monoisotopic (exact) mass is 167 g/mol. The molecular formula is C10H17NO. The van der Waals surface area contributed by atoms with Crippen LogP contribution in [0, 0.1) is 0 Å². The van der Waals surface area contributed by atoms with E-state index >= 15 is 0 Å². The van der Waals surface area contributed by atoms with Crippen molar-refractivity contribution in [3.63, 3.8) is 0 Å². The number of aromatic nitrogens is 1. The van der Waals surface area contributed by atoms with Crippen LogP contribution in [-0.2, 0) is 6.42 Å². The van der Waals surface area contributed by atoms with E-state index in [0.717, 1.165) is 5.56 Å². The third kappa shape index (κ3) is 4.85. The first kappa shape index (κ1) is 11.1. The average Bonchev–Trinajstić information content (AvgIpc) is 2.08. The molecule has 2 heteroatoms. The van der Waals surface area contributed by atoms with E-state index in [1.54, 1.807) is 19.3 Å². The predicted molar refractivity (Wildman–Crippen MR) is 51.0 cm³/mol. The van der Waals surface area contributed by atoms with Gasteiger partial charge in [0.1, 0.15) is 0 Å². The Labute approximate surface area is 74.3 Å². The van der Waals surface area contributed by atoms with Crippen molar-refractivity contribution in [3.05, 3.63) is 30.1 Å². The average molecular weight is 167 g/mol. The van der Waals surface area contributed by atoms with E-state index in [1.807, 2.05) is 26.0 Å². The number of aliphatic hydroxyl groups excluding tert-OH is 1. The number of hydrogen-bond acceptors (Lipinski definition) is 2. The second-order valence-electron chi connectivity index (χ2n) is 2.41. The molecule has 1 aromatic heterocycles. The summed E-state index contributed by atoms with van der Waals surface area (Å²) in [6, 6.07) is 3.83. The van der Waals surface area contributed by atoms with E-state index in [2.05, 4.69) is 4.98 Å². The molecule has 1 unspecified atom stereocenters. The first-order chi connectivity index (χ1) is 5.79. The topological polar surface area (TPSA) is 33.1 Å². The summed E-state index contributed by atoms with van der Waals surface area (Å²) >= 11 is 0. The lowest BCUT2D eigenvalue weighted by Crippen LogP contribution is -2.03. The zero-order chi connectivity index (χ0) is 9.40. The lowest BCUT2D eigenvalue weighted by atomic mass is 10.1. The smallest absolute Gasteiger partial charge is 0.0553 e. The first-order valence-electron chi connectivity index (χ1n) is 4.36. The molecule has 0 aromatic carbocycles. The van der Waals surface area contributed by atoms with E-state index in [4.69, 9.17) is 5.11 Å². The van der Waals surface area contributed by atoms with Crippen molar-refractivity contribution in [2.45, 2.75) is 33.3 Å². The molecular weight excluding hydrogens is 150 g/mol. The second kappa shape index (κ2) is 6.80. The van der Waals surface area contributed by atoms with Crippen LogP contribution in [0.15, 0.2) is 24.5 Å². The van der Waals surface area contributed by atoms with Gasteiger partial charge in [0.15, 0.2) is 0 Å². The van der Waals surface area contributed by atoms with Crippen molar-refractivity contribution in [3.8, 4) is 0 Å². The molecule has 0 saturated carbocycles. The fourth-order valence-corrected chi connectivity index (χ4v) is 0.860. The SMILES string of the molecule is CC.CC(O)Cc1cccnc1. The quantitative estimate of drug-likeness (QED) is 0.731. The summed E-state index contributed by atoms with van der Waals surface area (Å²) < 4.78 is 0.